The van der Waals surface area contributed by atoms with Crippen molar-refractivity contribution in [2.24, 2.45) is 12.0 Å². The van der Waals surface area contributed by atoms with Gasteiger partial charge in [-0.05, 0) is 18.9 Å². The minimum absolute atomic E-state index is 0. The molecule has 2 aromatic heterocycles. The monoisotopic (exact) mass is 566 g/mol. The molecular formula is C23H31IN6OS. The first kappa shape index (κ1) is 24.7. The van der Waals surface area contributed by atoms with E-state index in [4.69, 9.17) is 14.7 Å². The fourth-order valence-corrected chi connectivity index (χ4v) is 4.45. The summed E-state index contributed by atoms with van der Waals surface area (Å²) >= 11 is 1.73. The fraction of sp³-hybridized carbons (Fsp3) is 0.435. The zero-order valence-corrected chi connectivity index (χ0v) is 21.8. The zero-order chi connectivity index (χ0) is 21.5. The second kappa shape index (κ2) is 12.3. The van der Waals surface area contributed by atoms with Crippen molar-refractivity contribution >= 4 is 41.3 Å². The number of rotatable bonds is 7. The van der Waals surface area contributed by atoms with E-state index in [2.05, 4.69) is 58.0 Å². The summed E-state index contributed by atoms with van der Waals surface area (Å²) in [5.74, 6) is 0.915. The van der Waals surface area contributed by atoms with Crippen LogP contribution in [0.4, 0.5) is 0 Å². The number of morpholine rings is 1. The van der Waals surface area contributed by atoms with Gasteiger partial charge in [0.15, 0.2) is 5.96 Å². The van der Waals surface area contributed by atoms with Gasteiger partial charge in [-0.3, -0.25) is 4.68 Å². The Labute approximate surface area is 210 Å². The Morgan fingerprint density at radius 1 is 1.28 bits per heavy atom. The molecule has 1 aliphatic heterocycles. The summed E-state index contributed by atoms with van der Waals surface area (Å²) in [4.78, 5) is 11.9. The number of nitrogens with one attached hydrogen (secondary N) is 1. The number of ether oxygens (including phenoxy) is 1. The van der Waals surface area contributed by atoms with E-state index in [1.54, 1.807) is 11.3 Å². The van der Waals surface area contributed by atoms with E-state index in [0.717, 1.165) is 49.7 Å². The molecule has 4 rings (SSSR count). The SMILES string of the molecule is CCNC(=NCc1csc(CCc2ccccc2)n1)N1CCOC(c2cnn(C)c2)C1.I. The molecule has 1 N–H and O–H groups in total. The van der Waals surface area contributed by atoms with Crippen molar-refractivity contribution in [2.45, 2.75) is 32.4 Å². The first-order valence-corrected chi connectivity index (χ1v) is 11.7. The molecular weight excluding hydrogens is 535 g/mol. The average Bonchev–Trinajstić information content (AvgIpc) is 3.45. The van der Waals surface area contributed by atoms with E-state index < -0.39 is 0 Å². The Morgan fingerprint density at radius 2 is 2.12 bits per heavy atom. The van der Waals surface area contributed by atoms with Gasteiger partial charge in [-0.15, -0.1) is 35.3 Å². The molecule has 32 heavy (non-hydrogen) atoms. The molecule has 0 amide bonds. The quantitative estimate of drug-likeness (QED) is 0.268. The number of hydrogen-bond donors (Lipinski definition) is 1. The van der Waals surface area contributed by atoms with Crippen LogP contribution in [0.1, 0.15) is 34.9 Å². The normalized spacial score (nSPS) is 16.6. The highest BCUT2D eigenvalue weighted by molar-refractivity contribution is 14.0. The van der Waals surface area contributed by atoms with Crippen LogP contribution in [0.2, 0.25) is 0 Å². The lowest BCUT2D eigenvalue weighted by Crippen LogP contribution is -2.48. The first-order valence-electron chi connectivity index (χ1n) is 10.8. The molecule has 0 radical (unpaired) electrons. The Morgan fingerprint density at radius 3 is 2.88 bits per heavy atom. The predicted octanol–water partition coefficient (Wildman–Crippen LogP) is 3.82. The molecule has 1 atom stereocenters. The summed E-state index contributed by atoms with van der Waals surface area (Å²) in [6.45, 7) is 5.76. The maximum Gasteiger partial charge on any atom is 0.194 e. The lowest BCUT2D eigenvalue weighted by molar-refractivity contribution is -0.00805. The lowest BCUT2D eigenvalue weighted by Gasteiger charge is -2.34. The minimum Gasteiger partial charge on any atom is -0.370 e. The fourth-order valence-electron chi connectivity index (χ4n) is 3.66. The van der Waals surface area contributed by atoms with Gasteiger partial charge < -0.3 is 15.0 Å². The molecule has 172 valence electrons. The van der Waals surface area contributed by atoms with Gasteiger partial charge in [0.05, 0.1) is 36.6 Å². The van der Waals surface area contributed by atoms with Crippen molar-refractivity contribution in [2.75, 3.05) is 26.2 Å². The van der Waals surface area contributed by atoms with E-state index in [0.29, 0.717) is 13.2 Å². The topological polar surface area (TPSA) is 67.6 Å². The Balaban J connectivity index is 0.00000289. The number of nitrogens with zero attached hydrogens (tertiary/aromatic N) is 5. The summed E-state index contributed by atoms with van der Waals surface area (Å²) in [6, 6.07) is 10.6. The lowest BCUT2D eigenvalue weighted by atomic mass is 10.1. The summed E-state index contributed by atoms with van der Waals surface area (Å²) in [5.41, 5.74) is 3.48. The number of aryl methyl sites for hydroxylation is 3. The maximum absolute atomic E-state index is 5.98. The largest absolute Gasteiger partial charge is 0.370 e. The molecule has 0 bridgehead atoms. The Hall–Kier alpha value is -1.98. The van der Waals surface area contributed by atoms with E-state index in [1.165, 1.54) is 10.6 Å². The first-order chi connectivity index (χ1) is 15.2. The summed E-state index contributed by atoms with van der Waals surface area (Å²) in [7, 11) is 1.93. The van der Waals surface area contributed by atoms with E-state index in [-0.39, 0.29) is 30.1 Å². The van der Waals surface area contributed by atoms with Crippen LogP contribution in [-0.2, 0) is 31.2 Å². The summed E-state index contributed by atoms with van der Waals surface area (Å²) < 4.78 is 7.79. The summed E-state index contributed by atoms with van der Waals surface area (Å²) in [5, 5.41) is 11.0. The highest BCUT2D eigenvalue weighted by Crippen LogP contribution is 2.22. The van der Waals surface area contributed by atoms with Crippen molar-refractivity contribution in [1.82, 2.24) is 25.0 Å². The van der Waals surface area contributed by atoms with Crippen molar-refractivity contribution in [3.05, 3.63) is 69.9 Å². The molecule has 9 heteroatoms. The molecule has 1 fully saturated rings. The van der Waals surface area contributed by atoms with Crippen molar-refractivity contribution < 1.29 is 4.74 Å². The highest BCUT2D eigenvalue weighted by atomic mass is 127. The standard InChI is InChI=1S/C23H30N6OS.HI/c1-3-24-23(29-11-12-30-21(16-29)19-13-26-28(2)15-19)25-14-20-17-31-22(27-20)10-9-18-7-5-4-6-8-18;/h4-8,13,15,17,21H,3,9-12,14,16H2,1-2H3,(H,24,25);1H. The smallest absolute Gasteiger partial charge is 0.194 e. The van der Waals surface area contributed by atoms with Gasteiger partial charge in [0.1, 0.15) is 6.10 Å². The van der Waals surface area contributed by atoms with Crippen LogP contribution < -0.4 is 5.32 Å². The van der Waals surface area contributed by atoms with Crippen LogP contribution in [0.3, 0.4) is 0 Å². The molecule has 0 spiro atoms. The van der Waals surface area contributed by atoms with E-state index >= 15 is 0 Å². The highest BCUT2D eigenvalue weighted by Gasteiger charge is 2.25. The van der Waals surface area contributed by atoms with Gasteiger partial charge >= 0.3 is 0 Å². The molecule has 3 heterocycles. The third-order valence-electron chi connectivity index (χ3n) is 5.26. The van der Waals surface area contributed by atoms with Crippen molar-refractivity contribution in [3.63, 3.8) is 0 Å². The van der Waals surface area contributed by atoms with Gasteiger partial charge in [0.25, 0.3) is 0 Å². The second-order valence-electron chi connectivity index (χ2n) is 7.64. The third-order valence-corrected chi connectivity index (χ3v) is 6.22. The number of hydrogen-bond acceptors (Lipinski definition) is 5. The van der Waals surface area contributed by atoms with Crippen LogP contribution in [0.15, 0.2) is 53.1 Å². The van der Waals surface area contributed by atoms with Gasteiger partial charge in [-0.25, -0.2) is 9.98 Å². The van der Waals surface area contributed by atoms with Crippen molar-refractivity contribution in [1.29, 1.82) is 0 Å². The number of aromatic nitrogens is 3. The minimum atomic E-state index is 0. The molecule has 1 aromatic carbocycles. The maximum atomic E-state index is 5.98. The number of halogens is 1. The van der Waals surface area contributed by atoms with Crippen LogP contribution in [0.5, 0.6) is 0 Å². The average molecular weight is 567 g/mol. The molecule has 7 nitrogen and oxygen atoms in total. The van der Waals surface area contributed by atoms with Gasteiger partial charge in [-0.1, -0.05) is 30.3 Å². The van der Waals surface area contributed by atoms with Crippen molar-refractivity contribution in [3.8, 4) is 0 Å². The van der Waals surface area contributed by atoms with Gasteiger partial charge in [0, 0.05) is 43.7 Å². The Bertz CT molecular complexity index is 989. The zero-order valence-electron chi connectivity index (χ0n) is 18.6. The van der Waals surface area contributed by atoms with Gasteiger partial charge in [0.2, 0.25) is 0 Å². The van der Waals surface area contributed by atoms with Crippen LogP contribution in [-0.4, -0.2) is 51.9 Å². The second-order valence-corrected chi connectivity index (χ2v) is 8.58. The molecule has 3 aromatic rings. The number of aliphatic imine (C=N–C) groups is 1. The predicted molar refractivity (Wildman–Crippen MR) is 140 cm³/mol. The van der Waals surface area contributed by atoms with Crippen LogP contribution in [0.25, 0.3) is 0 Å². The molecule has 0 saturated carbocycles. The van der Waals surface area contributed by atoms with Crippen LogP contribution in [0, 0.1) is 0 Å². The number of benzene rings is 1. The Kier molecular flexibility index (Phi) is 9.49. The molecule has 1 unspecified atom stereocenters. The number of thiazole rings is 1. The molecule has 1 aliphatic rings. The number of guanidine groups is 1. The third kappa shape index (κ3) is 6.76. The van der Waals surface area contributed by atoms with E-state index in [9.17, 15) is 0 Å². The van der Waals surface area contributed by atoms with Gasteiger partial charge in [-0.2, -0.15) is 5.10 Å². The molecule has 0 aliphatic carbocycles. The van der Waals surface area contributed by atoms with E-state index in [1.807, 2.05) is 24.1 Å². The summed E-state index contributed by atoms with van der Waals surface area (Å²) in [6.07, 6.45) is 5.89. The van der Waals surface area contributed by atoms with Crippen LogP contribution >= 0.6 is 35.3 Å². The molecule has 1 saturated heterocycles.